The van der Waals surface area contributed by atoms with Gasteiger partial charge in [0.15, 0.2) is 0 Å². The molecule has 0 aromatic carbocycles. The number of carbonyl (C=O) groups excluding carboxylic acids is 1. The van der Waals surface area contributed by atoms with Crippen LogP contribution in [0.2, 0.25) is 0 Å². The van der Waals surface area contributed by atoms with Crippen molar-refractivity contribution in [3.63, 3.8) is 0 Å². The first-order valence-corrected chi connectivity index (χ1v) is 6.29. The molecule has 0 spiro atoms. The second-order valence-electron chi connectivity index (χ2n) is 4.47. The van der Waals surface area contributed by atoms with Gasteiger partial charge in [0.1, 0.15) is 11.3 Å². The second-order valence-corrected chi connectivity index (χ2v) is 4.47. The van der Waals surface area contributed by atoms with Crippen LogP contribution in [0, 0.1) is 0 Å². The summed E-state index contributed by atoms with van der Waals surface area (Å²) >= 11 is 0. The first-order chi connectivity index (χ1) is 10.6. The fourth-order valence-electron chi connectivity index (χ4n) is 1.85. The van der Waals surface area contributed by atoms with Crippen LogP contribution in [0.4, 0.5) is 6.01 Å². The third-order valence-electron chi connectivity index (χ3n) is 2.81. The lowest BCUT2D eigenvalue weighted by Gasteiger charge is -1.99. The minimum absolute atomic E-state index is 0.0310. The van der Waals surface area contributed by atoms with Gasteiger partial charge in [-0.1, -0.05) is 5.10 Å². The smallest absolute Gasteiger partial charge is 0.322 e. The molecule has 0 unspecified atom stereocenters. The zero-order chi connectivity index (χ0) is 15.7. The molecule has 0 aliphatic rings. The van der Waals surface area contributed by atoms with Gasteiger partial charge in [0, 0.05) is 26.5 Å². The normalized spacial score (nSPS) is 10.7. The number of aryl methyl sites for hydroxylation is 2. The number of nitrogens with zero attached hydrogens (tertiary/aromatic N) is 6. The quantitative estimate of drug-likeness (QED) is 0.745. The van der Waals surface area contributed by atoms with E-state index >= 15 is 0 Å². The van der Waals surface area contributed by atoms with E-state index in [1.165, 1.54) is 18.0 Å². The average molecular weight is 303 g/mol. The van der Waals surface area contributed by atoms with Crippen molar-refractivity contribution >= 4 is 11.9 Å². The first-order valence-electron chi connectivity index (χ1n) is 6.29. The van der Waals surface area contributed by atoms with E-state index < -0.39 is 5.91 Å². The molecule has 0 saturated heterocycles. The molecule has 0 aliphatic carbocycles. The molecule has 1 amide bonds. The lowest BCUT2D eigenvalue weighted by atomic mass is 10.3. The molecule has 3 heterocycles. The Morgan fingerprint density at radius 2 is 2.09 bits per heavy atom. The Morgan fingerprint density at radius 3 is 2.77 bits per heavy atom. The maximum absolute atomic E-state index is 12.2. The van der Waals surface area contributed by atoms with E-state index in [0.717, 1.165) is 0 Å². The number of amides is 1. The molecule has 22 heavy (non-hydrogen) atoms. The van der Waals surface area contributed by atoms with Crippen molar-refractivity contribution in [1.82, 2.24) is 29.8 Å². The Kier molecular flexibility index (Phi) is 3.33. The van der Waals surface area contributed by atoms with Crippen molar-refractivity contribution in [3.05, 3.63) is 24.0 Å². The number of aromatic nitrogens is 6. The van der Waals surface area contributed by atoms with E-state index in [2.05, 4.69) is 25.7 Å². The zero-order valence-corrected chi connectivity index (χ0v) is 12.1. The summed E-state index contributed by atoms with van der Waals surface area (Å²) in [7, 11) is 4.90. The minimum atomic E-state index is -0.457. The van der Waals surface area contributed by atoms with Crippen molar-refractivity contribution in [2.75, 3.05) is 12.4 Å². The summed E-state index contributed by atoms with van der Waals surface area (Å²) in [5, 5.41) is 18.2. The summed E-state index contributed by atoms with van der Waals surface area (Å²) in [5.74, 6) is -0.0281. The molecular formula is C12H13N7O3. The van der Waals surface area contributed by atoms with Crippen LogP contribution in [0.3, 0.4) is 0 Å². The van der Waals surface area contributed by atoms with Crippen LogP contribution in [0.25, 0.3) is 11.6 Å². The van der Waals surface area contributed by atoms with Crippen molar-refractivity contribution in [2.45, 2.75) is 0 Å². The van der Waals surface area contributed by atoms with Gasteiger partial charge in [0.2, 0.25) is 5.88 Å². The molecule has 0 atom stereocenters. The maximum atomic E-state index is 12.2. The van der Waals surface area contributed by atoms with E-state index in [9.17, 15) is 4.79 Å². The molecule has 0 aliphatic heterocycles. The van der Waals surface area contributed by atoms with E-state index in [0.29, 0.717) is 5.69 Å². The second kappa shape index (κ2) is 5.31. The number of carbonyl (C=O) groups is 1. The van der Waals surface area contributed by atoms with Crippen LogP contribution >= 0.6 is 0 Å². The summed E-state index contributed by atoms with van der Waals surface area (Å²) in [6, 6.07) is 1.69. The highest BCUT2D eigenvalue weighted by molar-refractivity contribution is 6.04. The Hall–Kier alpha value is -3.17. The van der Waals surface area contributed by atoms with Crippen molar-refractivity contribution < 1.29 is 13.9 Å². The van der Waals surface area contributed by atoms with Gasteiger partial charge in [-0.3, -0.25) is 19.5 Å². The SMILES string of the molecule is COc1nn(C)cc1C(=O)Nc1nnc(-c2ccn(C)n2)o1. The van der Waals surface area contributed by atoms with Crippen molar-refractivity contribution in [2.24, 2.45) is 14.1 Å². The molecule has 10 nitrogen and oxygen atoms in total. The van der Waals surface area contributed by atoms with E-state index in [1.807, 2.05) is 0 Å². The molecule has 0 radical (unpaired) electrons. The van der Waals surface area contributed by atoms with Gasteiger partial charge < -0.3 is 9.15 Å². The van der Waals surface area contributed by atoms with E-state index in [-0.39, 0.29) is 23.3 Å². The largest absolute Gasteiger partial charge is 0.479 e. The molecule has 3 rings (SSSR count). The highest BCUT2D eigenvalue weighted by atomic mass is 16.5. The number of anilines is 1. The predicted octanol–water partition coefficient (Wildman–Crippen LogP) is 0.464. The Bertz CT molecular complexity index is 816. The molecule has 0 fully saturated rings. The lowest BCUT2D eigenvalue weighted by Crippen LogP contribution is -2.12. The number of rotatable bonds is 4. The standard InChI is InChI=1S/C12H13N7O3/c1-18-5-4-8(16-18)11-14-15-12(22-11)13-9(20)7-6-19(2)17-10(7)21-3/h4-6H,1-3H3,(H,13,15,20). The fourth-order valence-corrected chi connectivity index (χ4v) is 1.85. The van der Waals surface area contributed by atoms with Crippen LogP contribution in [0.15, 0.2) is 22.9 Å². The summed E-state index contributed by atoms with van der Waals surface area (Å²) in [4.78, 5) is 12.2. The van der Waals surface area contributed by atoms with Gasteiger partial charge in [-0.25, -0.2) is 0 Å². The van der Waals surface area contributed by atoms with E-state index in [4.69, 9.17) is 9.15 Å². The van der Waals surface area contributed by atoms with Crippen LogP contribution in [-0.4, -0.2) is 42.8 Å². The van der Waals surface area contributed by atoms with Crippen molar-refractivity contribution in [3.8, 4) is 17.5 Å². The highest BCUT2D eigenvalue weighted by Gasteiger charge is 2.19. The number of hydrogen-bond donors (Lipinski definition) is 1. The maximum Gasteiger partial charge on any atom is 0.322 e. The van der Waals surface area contributed by atoms with E-state index in [1.54, 1.807) is 31.0 Å². The summed E-state index contributed by atoms with van der Waals surface area (Å²) in [6.07, 6.45) is 3.28. The van der Waals surface area contributed by atoms with Crippen LogP contribution in [0.5, 0.6) is 5.88 Å². The first kappa shape index (κ1) is 13.8. The number of hydrogen-bond acceptors (Lipinski definition) is 7. The van der Waals surface area contributed by atoms with Gasteiger partial charge in [0.25, 0.3) is 11.8 Å². The molecule has 3 aromatic heterocycles. The van der Waals surface area contributed by atoms with Crippen LogP contribution < -0.4 is 10.1 Å². The minimum Gasteiger partial charge on any atom is -0.479 e. The number of ether oxygens (including phenoxy) is 1. The Morgan fingerprint density at radius 1 is 1.27 bits per heavy atom. The van der Waals surface area contributed by atoms with Crippen molar-refractivity contribution in [1.29, 1.82) is 0 Å². The van der Waals surface area contributed by atoms with Gasteiger partial charge in [-0.05, 0) is 6.07 Å². The van der Waals surface area contributed by atoms with Gasteiger partial charge >= 0.3 is 6.01 Å². The third kappa shape index (κ3) is 2.53. The topological polar surface area (TPSA) is 113 Å². The summed E-state index contributed by atoms with van der Waals surface area (Å²) in [5.41, 5.74) is 0.789. The highest BCUT2D eigenvalue weighted by Crippen LogP contribution is 2.20. The monoisotopic (exact) mass is 303 g/mol. The Labute approximate surface area is 124 Å². The number of nitrogens with one attached hydrogen (secondary N) is 1. The number of methoxy groups -OCH3 is 1. The van der Waals surface area contributed by atoms with Gasteiger partial charge in [0.05, 0.1) is 7.11 Å². The summed E-state index contributed by atoms with van der Waals surface area (Å²) < 4.78 is 13.5. The Balaban J connectivity index is 1.78. The average Bonchev–Trinajstić information content (AvgIpc) is 3.18. The molecule has 0 saturated carbocycles. The fraction of sp³-hybridized carbons (Fsp3) is 0.250. The van der Waals surface area contributed by atoms with Crippen LogP contribution in [0.1, 0.15) is 10.4 Å². The molecule has 3 aromatic rings. The lowest BCUT2D eigenvalue weighted by molar-refractivity contribution is 0.102. The predicted molar refractivity (Wildman–Crippen MR) is 74.2 cm³/mol. The molecule has 114 valence electrons. The van der Waals surface area contributed by atoms with Gasteiger partial charge in [-0.15, -0.1) is 10.2 Å². The molecule has 10 heteroatoms. The molecular weight excluding hydrogens is 290 g/mol. The summed E-state index contributed by atoms with van der Waals surface area (Å²) in [6.45, 7) is 0. The molecule has 0 bridgehead atoms. The van der Waals surface area contributed by atoms with Crippen LogP contribution in [-0.2, 0) is 14.1 Å². The zero-order valence-electron chi connectivity index (χ0n) is 12.1. The molecule has 1 N–H and O–H groups in total. The van der Waals surface area contributed by atoms with Gasteiger partial charge in [-0.2, -0.15) is 5.10 Å². The third-order valence-corrected chi connectivity index (χ3v) is 2.81.